The maximum Gasteiger partial charge on any atom is 0.233 e. The van der Waals surface area contributed by atoms with Gasteiger partial charge in [0.25, 0.3) is 0 Å². The van der Waals surface area contributed by atoms with Crippen molar-refractivity contribution < 1.29 is 4.79 Å². The molecule has 1 aliphatic rings. The van der Waals surface area contributed by atoms with Gasteiger partial charge in [-0.3, -0.25) is 4.79 Å². The predicted octanol–water partition coefficient (Wildman–Crippen LogP) is 0.977. The summed E-state index contributed by atoms with van der Waals surface area (Å²) in [5.41, 5.74) is 0. The number of carbonyl (C=O) groups excluding carboxylic acids is 1. The number of rotatable bonds is 7. The van der Waals surface area contributed by atoms with Crippen LogP contribution in [0.5, 0.6) is 0 Å². The summed E-state index contributed by atoms with van der Waals surface area (Å²) in [7, 11) is 0. The zero-order valence-corrected chi connectivity index (χ0v) is 11.3. The lowest BCUT2D eigenvalue weighted by Gasteiger charge is -2.33. The van der Waals surface area contributed by atoms with Gasteiger partial charge in [-0.2, -0.15) is 0 Å². The van der Waals surface area contributed by atoms with Crippen LogP contribution in [0.3, 0.4) is 0 Å². The van der Waals surface area contributed by atoms with E-state index in [2.05, 4.69) is 22.5 Å². The predicted molar refractivity (Wildman–Crippen MR) is 71.1 cm³/mol. The molecule has 100 valence electrons. The third-order valence-electron chi connectivity index (χ3n) is 3.42. The molecule has 17 heavy (non-hydrogen) atoms. The summed E-state index contributed by atoms with van der Waals surface area (Å²) < 4.78 is 0. The molecule has 0 bridgehead atoms. The average molecular weight is 241 g/mol. The molecule has 4 nitrogen and oxygen atoms in total. The van der Waals surface area contributed by atoms with Gasteiger partial charge in [-0.15, -0.1) is 0 Å². The first-order valence-electron chi connectivity index (χ1n) is 6.95. The lowest BCUT2D eigenvalue weighted by molar-refractivity contribution is -0.120. The lowest BCUT2D eigenvalue weighted by atomic mass is 10.0. The molecule has 1 rings (SSSR count). The zero-order valence-electron chi connectivity index (χ0n) is 11.3. The van der Waals surface area contributed by atoms with E-state index >= 15 is 0 Å². The molecule has 1 unspecified atom stereocenters. The summed E-state index contributed by atoms with van der Waals surface area (Å²) >= 11 is 0. The second kappa shape index (κ2) is 8.48. The summed E-state index contributed by atoms with van der Waals surface area (Å²) in [6, 6.07) is 0.723. The highest BCUT2D eigenvalue weighted by Gasteiger charge is 2.16. The van der Waals surface area contributed by atoms with Crippen LogP contribution in [-0.4, -0.2) is 49.6 Å². The highest BCUT2D eigenvalue weighted by Crippen LogP contribution is 2.15. The van der Waals surface area contributed by atoms with Crippen LogP contribution in [0.15, 0.2) is 0 Å². The van der Waals surface area contributed by atoms with Crippen LogP contribution < -0.4 is 10.6 Å². The van der Waals surface area contributed by atoms with Crippen LogP contribution >= 0.6 is 0 Å². The van der Waals surface area contributed by atoms with Crippen molar-refractivity contribution in [2.75, 3.05) is 32.7 Å². The van der Waals surface area contributed by atoms with Crippen LogP contribution in [0.2, 0.25) is 0 Å². The van der Waals surface area contributed by atoms with E-state index < -0.39 is 0 Å². The van der Waals surface area contributed by atoms with Gasteiger partial charge >= 0.3 is 0 Å². The maximum atomic E-state index is 11.3. The largest absolute Gasteiger partial charge is 0.355 e. The Morgan fingerprint density at radius 3 is 2.94 bits per heavy atom. The second-order valence-corrected chi connectivity index (χ2v) is 4.86. The highest BCUT2D eigenvalue weighted by molar-refractivity contribution is 5.77. The molecule has 4 heteroatoms. The minimum Gasteiger partial charge on any atom is -0.355 e. The smallest absolute Gasteiger partial charge is 0.233 e. The van der Waals surface area contributed by atoms with E-state index in [-0.39, 0.29) is 5.91 Å². The van der Waals surface area contributed by atoms with E-state index in [9.17, 15) is 4.79 Å². The number of piperidine rings is 1. The van der Waals surface area contributed by atoms with E-state index in [1.54, 1.807) is 0 Å². The molecule has 0 aromatic heterocycles. The summed E-state index contributed by atoms with van der Waals surface area (Å²) in [6.45, 7) is 8.74. The molecule has 0 aromatic rings. The van der Waals surface area contributed by atoms with Crippen molar-refractivity contribution in [1.29, 1.82) is 0 Å². The van der Waals surface area contributed by atoms with Crippen LogP contribution in [-0.2, 0) is 4.79 Å². The molecule has 0 saturated carbocycles. The van der Waals surface area contributed by atoms with Gasteiger partial charge in [0.2, 0.25) is 5.91 Å². The Kier molecular flexibility index (Phi) is 7.21. The standard InChI is InChI=1S/C13H27N3O/c1-3-14-11-13(17)15-8-6-10-16-9-5-4-7-12(16)2/h12,14H,3-11H2,1-2H3,(H,15,17). The quantitative estimate of drug-likeness (QED) is 0.653. The van der Waals surface area contributed by atoms with Crippen molar-refractivity contribution in [3.05, 3.63) is 0 Å². The van der Waals surface area contributed by atoms with Crippen LogP contribution in [0, 0.1) is 0 Å². The Balaban J connectivity index is 2.01. The first-order valence-corrected chi connectivity index (χ1v) is 6.95. The molecule has 1 atom stereocenters. The topological polar surface area (TPSA) is 44.4 Å². The van der Waals surface area contributed by atoms with Gasteiger partial charge < -0.3 is 15.5 Å². The number of carbonyl (C=O) groups is 1. The normalized spacial score (nSPS) is 21.4. The molecule has 1 aliphatic heterocycles. The van der Waals surface area contributed by atoms with Crippen molar-refractivity contribution >= 4 is 5.91 Å². The molecule has 1 saturated heterocycles. The molecule has 0 radical (unpaired) electrons. The fraction of sp³-hybridized carbons (Fsp3) is 0.923. The molecule has 0 aliphatic carbocycles. The SMILES string of the molecule is CCNCC(=O)NCCCN1CCCCC1C. The van der Waals surface area contributed by atoms with Gasteiger partial charge in [0.1, 0.15) is 0 Å². The number of hydrogen-bond acceptors (Lipinski definition) is 3. The Hall–Kier alpha value is -0.610. The van der Waals surface area contributed by atoms with Crippen molar-refractivity contribution in [2.45, 2.75) is 45.6 Å². The van der Waals surface area contributed by atoms with Crippen LogP contribution in [0.25, 0.3) is 0 Å². The number of nitrogens with one attached hydrogen (secondary N) is 2. The highest BCUT2D eigenvalue weighted by atomic mass is 16.1. The number of likely N-dealkylation sites (tertiary alicyclic amines) is 1. The van der Waals surface area contributed by atoms with Gasteiger partial charge in [0.05, 0.1) is 6.54 Å². The number of amides is 1. The summed E-state index contributed by atoms with van der Waals surface area (Å²) in [6.07, 6.45) is 5.09. The minimum atomic E-state index is 0.110. The van der Waals surface area contributed by atoms with E-state index in [0.29, 0.717) is 6.54 Å². The Bertz CT molecular complexity index is 221. The number of hydrogen-bond donors (Lipinski definition) is 2. The number of nitrogens with zero attached hydrogens (tertiary/aromatic N) is 1. The third-order valence-corrected chi connectivity index (χ3v) is 3.42. The summed E-state index contributed by atoms with van der Waals surface area (Å²) in [5.74, 6) is 0.110. The Morgan fingerprint density at radius 2 is 2.24 bits per heavy atom. The maximum absolute atomic E-state index is 11.3. The molecular formula is C13H27N3O. The lowest BCUT2D eigenvalue weighted by Crippen LogP contribution is -2.40. The molecular weight excluding hydrogens is 214 g/mol. The van der Waals surface area contributed by atoms with Gasteiger partial charge in [-0.05, 0) is 39.3 Å². The number of likely N-dealkylation sites (N-methyl/N-ethyl adjacent to an activating group) is 1. The fourth-order valence-electron chi connectivity index (χ4n) is 2.30. The minimum absolute atomic E-state index is 0.110. The molecule has 1 heterocycles. The van der Waals surface area contributed by atoms with Crippen molar-refractivity contribution in [1.82, 2.24) is 15.5 Å². The van der Waals surface area contributed by atoms with Crippen LogP contribution in [0.1, 0.15) is 39.5 Å². The van der Waals surface area contributed by atoms with Gasteiger partial charge in [0, 0.05) is 19.1 Å². The first kappa shape index (κ1) is 14.5. The summed E-state index contributed by atoms with van der Waals surface area (Å²) in [4.78, 5) is 13.9. The van der Waals surface area contributed by atoms with Gasteiger partial charge in [0.15, 0.2) is 0 Å². The molecule has 1 amide bonds. The van der Waals surface area contributed by atoms with Gasteiger partial charge in [-0.25, -0.2) is 0 Å². The van der Waals surface area contributed by atoms with E-state index in [4.69, 9.17) is 0 Å². The van der Waals surface area contributed by atoms with Crippen LogP contribution in [0.4, 0.5) is 0 Å². The van der Waals surface area contributed by atoms with E-state index in [1.165, 1.54) is 25.8 Å². The molecule has 2 N–H and O–H groups in total. The monoisotopic (exact) mass is 241 g/mol. The van der Waals surface area contributed by atoms with Gasteiger partial charge in [-0.1, -0.05) is 13.3 Å². The Labute approximate surface area is 105 Å². The molecule has 1 fully saturated rings. The zero-order chi connectivity index (χ0) is 12.5. The van der Waals surface area contributed by atoms with E-state index in [1.807, 2.05) is 6.92 Å². The Morgan fingerprint density at radius 1 is 1.41 bits per heavy atom. The third kappa shape index (κ3) is 6.03. The fourth-order valence-corrected chi connectivity index (χ4v) is 2.30. The van der Waals surface area contributed by atoms with Crippen molar-refractivity contribution in [3.63, 3.8) is 0 Å². The first-order chi connectivity index (χ1) is 8.24. The van der Waals surface area contributed by atoms with Crippen molar-refractivity contribution in [2.24, 2.45) is 0 Å². The summed E-state index contributed by atoms with van der Waals surface area (Å²) in [5, 5.41) is 5.97. The van der Waals surface area contributed by atoms with E-state index in [0.717, 1.165) is 32.1 Å². The van der Waals surface area contributed by atoms with Crippen molar-refractivity contribution in [3.8, 4) is 0 Å². The average Bonchev–Trinajstić information content (AvgIpc) is 2.34. The molecule has 0 spiro atoms. The second-order valence-electron chi connectivity index (χ2n) is 4.86. The molecule has 0 aromatic carbocycles.